The maximum Gasteiger partial charge on any atom is 0.223 e. The minimum Gasteiger partial charge on any atom is -0.343 e. The lowest BCUT2D eigenvalue weighted by molar-refractivity contribution is -0.130. The Hall–Kier alpha value is -0.0500. The molecule has 0 saturated heterocycles. The SMILES string of the molecule is CC(C)N(C)C(=O)CCBr. The first-order valence-electron chi connectivity index (χ1n) is 3.41. The van der Waals surface area contributed by atoms with Crippen molar-refractivity contribution in [3.05, 3.63) is 0 Å². The van der Waals surface area contributed by atoms with E-state index in [1.807, 2.05) is 20.9 Å². The number of hydrogen-bond donors (Lipinski definition) is 0. The van der Waals surface area contributed by atoms with Crippen molar-refractivity contribution in [3.8, 4) is 0 Å². The van der Waals surface area contributed by atoms with Crippen molar-refractivity contribution in [2.24, 2.45) is 0 Å². The molecule has 3 heteroatoms. The third-order valence-corrected chi connectivity index (χ3v) is 1.87. The Kier molecular flexibility index (Phi) is 4.69. The fraction of sp³-hybridized carbons (Fsp3) is 0.857. The monoisotopic (exact) mass is 207 g/mol. The van der Waals surface area contributed by atoms with Gasteiger partial charge < -0.3 is 4.90 Å². The number of alkyl halides is 1. The molecule has 1 amide bonds. The fourth-order valence-electron chi connectivity index (χ4n) is 0.545. The van der Waals surface area contributed by atoms with Crippen LogP contribution in [0.4, 0.5) is 0 Å². The van der Waals surface area contributed by atoms with Gasteiger partial charge in [0, 0.05) is 24.8 Å². The van der Waals surface area contributed by atoms with Crippen LogP contribution in [0.25, 0.3) is 0 Å². The van der Waals surface area contributed by atoms with E-state index in [1.54, 1.807) is 4.90 Å². The zero-order valence-electron chi connectivity index (χ0n) is 6.72. The van der Waals surface area contributed by atoms with Crippen molar-refractivity contribution in [2.75, 3.05) is 12.4 Å². The molecule has 0 atom stereocenters. The van der Waals surface area contributed by atoms with Crippen LogP contribution in [0.3, 0.4) is 0 Å². The number of carbonyl (C=O) groups excluding carboxylic acids is 1. The van der Waals surface area contributed by atoms with E-state index in [4.69, 9.17) is 0 Å². The molecule has 0 radical (unpaired) electrons. The van der Waals surface area contributed by atoms with Gasteiger partial charge in [0.15, 0.2) is 0 Å². The first-order chi connectivity index (χ1) is 4.59. The highest BCUT2D eigenvalue weighted by molar-refractivity contribution is 9.09. The number of halogens is 1. The smallest absolute Gasteiger partial charge is 0.223 e. The van der Waals surface area contributed by atoms with Crippen LogP contribution < -0.4 is 0 Å². The zero-order valence-corrected chi connectivity index (χ0v) is 8.31. The fourth-order valence-corrected chi connectivity index (χ4v) is 0.884. The third-order valence-electron chi connectivity index (χ3n) is 1.48. The molecule has 0 heterocycles. The molecule has 0 unspecified atom stereocenters. The van der Waals surface area contributed by atoms with E-state index in [0.29, 0.717) is 12.5 Å². The highest BCUT2D eigenvalue weighted by Crippen LogP contribution is 1.98. The van der Waals surface area contributed by atoms with Crippen molar-refractivity contribution in [1.82, 2.24) is 4.90 Å². The van der Waals surface area contributed by atoms with E-state index in [-0.39, 0.29) is 5.91 Å². The zero-order chi connectivity index (χ0) is 8.15. The number of amides is 1. The molecule has 0 fully saturated rings. The van der Waals surface area contributed by atoms with E-state index in [0.717, 1.165) is 5.33 Å². The summed E-state index contributed by atoms with van der Waals surface area (Å²) in [6.07, 6.45) is 0.592. The predicted molar refractivity (Wildman–Crippen MR) is 46.3 cm³/mol. The lowest BCUT2D eigenvalue weighted by Gasteiger charge is -2.20. The van der Waals surface area contributed by atoms with E-state index in [1.165, 1.54) is 0 Å². The number of carbonyl (C=O) groups is 1. The van der Waals surface area contributed by atoms with Gasteiger partial charge in [-0.2, -0.15) is 0 Å². The summed E-state index contributed by atoms with van der Waals surface area (Å²) in [7, 11) is 1.83. The third kappa shape index (κ3) is 3.20. The largest absolute Gasteiger partial charge is 0.343 e. The average Bonchev–Trinajstić information content (AvgIpc) is 1.87. The van der Waals surface area contributed by atoms with Gasteiger partial charge in [-0.3, -0.25) is 4.79 Å². The highest BCUT2D eigenvalue weighted by Gasteiger charge is 2.09. The molecule has 0 aliphatic heterocycles. The van der Waals surface area contributed by atoms with Crippen LogP contribution in [0.2, 0.25) is 0 Å². The standard InChI is InChI=1S/C7H14BrNO/c1-6(2)9(3)7(10)4-5-8/h6H,4-5H2,1-3H3. The summed E-state index contributed by atoms with van der Waals surface area (Å²) in [5, 5.41) is 0.753. The summed E-state index contributed by atoms with van der Waals surface area (Å²) < 4.78 is 0. The average molecular weight is 208 g/mol. The Morgan fingerprint density at radius 3 is 2.40 bits per heavy atom. The van der Waals surface area contributed by atoms with Gasteiger partial charge in [-0.1, -0.05) is 15.9 Å². The summed E-state index contributed by atoms with van der Waals surface area (Å²) in [4.78, 5) is 12.8. The van der Waals surface area contributed by atoms with Gasteiger partial charge >= 0.3 is 0 Å². The topological polar surface area (TPSA) is 20.3 Å². The summed E-state index contributed by atoms with van der Waals surface area (Å²) in [5.41, 5.74) is 0. The first kappa shape index (κ1) is 9.95. The van der Waals surface area contributed by atoms with Gasteiger partial charge in [0.25, 0.3) is 0 Å². The molecule has 0 saturated carbocycles. The van der Waals surface area contributed by atoms with Gasteiger partial charge in [0.2, 0.25) is 5.91 Å². The van der Waals surface area contributed by atoms with Gasteiger partial charge in [0.05, 0.1) is 0 Å². The molecular formula is C7H14BrNO. The molecule has 0 N–H and O–H groups in total. The van der Waals surface area contributed by atoms with Gasteiger partial charge in [0.1, 0.15) is 0 Å². The molecule has 0 spiro atoms. The van der Waals surface area contributed by atoms with Crippen LogP contribution in [0.1, 0.15) is 20.3 Å². The Labute approximate surface area is 70.7 Å². The van der Waals surface area contributed by atoms with E-state index in [2.05, 4.69) is 15.9 Å². The summed E-state index contributed by atoms with van der Waals surface area (Å²) in [6, 6.07) is 0.312. The van der Waals surface area contributed by atoms with Crippen LogP contribution in [-0.2, 0) is 4.79 Å². The van der Waals surface area contributed by atoms with Crippen molar-refractivity contribution in [3.63, 3.8) is 0 Å². The van der Waals surface area contributed by atoms with Gasteiger partial charge in [-0.15, -0.1) is 0 Å². The van der Waals surface area contributed by atoms with Crippen LogP contribution in [0.5, 0.6) is 0 Å². The van der Waals surface area contributed by atoms with Crippen molar-refractivity contribution in [2.45, 2.75) is 26.3 Å². The maximum absolute atomic E-state index is 11.1. The van der Waals surface area contributed by atoms with Crippen LogP contribution >= 0.6 is 15.9 Å². The quantitative estimate of drug-likeness (QED) is 0.645. The van der Waals surface area contributed by atoms with Crippen LogP contribution in [-0.4, -0.2) is 29.2 Å². The maximum atomic E-state index is 11.1. The van der Waals surface area contributed by atoms with Gasteiger partial charge in [-0.05, 0) is 13.8 Å². The molecule has 0 aliphatic rings. The van der Waals surface area contributed by atoms with Crippen LogP contribution in [0.15, 0.2) is 0 Å². The first-order valence-corrected chi connectivity index (χ1v) is 4.53. The Bertz CT molecular complexity index is 114. The molecule has 10 heavy (non-hydrogen) atoms. The Balaban J connectivity index is 3.71. The van der Waals surface area contributed by atoms with Gasteiger partial charge in [-0.25, -0.2) is 0 Å². The number of rotatable bonds is 3. The second-order valence-corrected chi connectivity index (χ2v) is 3.33. The van der Waals surface area contributed by atoms with E-state index >= 15 is 0 Å². The molecular weight excluding hydrogens is 194 g/mol. The van der Waals surface area contributed by atoms with E-state index in [9.17, 15) is 4.79 Å². The second-order valence-electron chi connectivity index (χ2n) is 2.54. The molecule has 60 valence electrons. The van der Waals surface area contributed by atoms with Crippen molar-refractivity contribution in [1.29, 1.82) is 0 Å². The normalized spacial score (nSPS) is 10.1. The van der Waals surface area contributed by atoms with Crippen molar-refractivity contribution < 1.29 is 4.79 Å². The molecule has 2 nitrogen and oxygen atoms in total. The lowest BCUT2D eigenvalue weighted by atomic mass is 10.3. The van der Waals surface area contributed by atoms with E-state index < -0.39 is 0 Å². The molecule has 0 bridgehead atoms. The second kappa shape index (κ2) is 4.72. The summed E-state index contributed by atoms with van der Waals surface area (Å²) in [6.45, 7) is 4.01. The number of nitrogens with zero attached hydrogens (tertiary/aromatic N) is 1. The molecule has 0 aromatic carbocycles. The number of hydrogen-bond acceptors (Lipinski definition) is 1. The Morgan fingerprint density at radius 2 is 2.10 bits per heavy atom. The summed E-state index contributed by atoms with van der Waals surface area (Å²) in [5.74, 6) is 0.201. The molecule has 0 aliphatic carbocycles. The lowest BCUT2D eigenvalue weighted by Crippen LogP contribution is -2.32. The van der Waals surface area contributed by atoms with Crippen LogP contribution in [0, 0.1) is 0 Å². The van der Waals surface area contributed by atoms with Crippen molar-refractivity contribution >= 4 is 21.8 Å². The predicted octanol–water partition coefficient (Wildman–Crippen LogP) is 1.64. The Morgan fingerprint density at radius 1 is 1.60 bits per heavy atom. The minimum absolute atomic E-state index is 0.201. The molecule has 0 rings (SSSR count). The minimum atomic E-state index is 0.201. The summed E-state index contributed by atoms with van der Waals surface area (Å²) >= 11 is 3.22. The highest BCUT2D eigenvalue weighted by atomic mass is 79.9. The molecule has 0 aromatic rings. The molecule has 0 aromatic heterocycles.